The van der Waals surface area contributed by atoms with Gasteiger partial charge in [-0.3, -0.25) is 0 Å². The maximum atomic E-state index is 11.4. The molecule has 1 aromatic rings. The van der Waals surface area contributed by atoms with Crippen LogP contribution in [0.3, 0.4) is 0 Å². The van der Waals surface area contributed by atoms with E-state index in [1.165, 1.54) is 11.5 Å². The Hall–Kier alpha value is -1.35. The van der Waals surface area contributed by atoms with E-state index in [0.717, 1.165) is 16.5 Å². The summed E-state index contributed by atoms with van der Waals surface area (Å²) in [6, 6.07) is 0. The molecule has 7 nitrogen and oxygen atoms in total. The Balaban J connectivity index is 0.000000502. The van der Waals surface area contributed by atoms with Crippen LogP contribution in [-0.4, -0.2) is 32.8 Å². The minimum absolute atomic E-state index is 0.733. The molecule has 0 spiro atoms. The number of H-pyrrole nitrogens is 1. The molecule has 15 heteroatoms. The number of nitrogens with one attached hydrogen (secondary N) is 1. The minimum Gasteiger partial charge on any atom is -0.421 e. The zero-order chi connectivity index (χ0) is 21.1. The highest BCUT2D eigenvalue weighted by atomic mass is 32.3. The van der Waals surface area contributed by atoms with Crippen LogP contribution in [0.4, 0.5) is 26.3 Å². The molecule has 26 heavy (non-hydrogen) atoms. The molecule has 0 unspecified atom stereocenters. The fourth-order valence-electron chi connectivity index (χ4n) is 1.42. The van der Waals surface area contributed by atoms with Gasteiger partial charge in [0.15, 0.2) is 20.0 Å². The van der Waals surface area contributed by atoms with Crippen molar-refractivity contribution >= 4 is 20.0 Å². The molecule has 0 aliphatic carbocycles. The van der Waals surface area contributed by atoms with Crippen molar-refractivity contribution in [2.24, 2.45) is 13.0 Å². The van der Waals surface area contributed by atoms with E-state index in [-0.39, 0.29) is 0 Å². The summed E-state index contributed by atoms with van der Waals surface area (Å²) in [4.78, 5) is 3.21. The number of aromatic nitrogens is 2. The van der Waals surface area contributed by atoms with Crippen molar-refractivity contribution in [1.29, 1.82) is 0 Å². The number of hydrogen-bond donors (Lipinski definition) is 1. The summed E-state index contributed by atoms with van der Waals surface area (Å²) in [6.07, 6.45) is 3.25. The van der Waals surface area contributed by atoms with Gasteiger partial charge >= 0.3 is 11.0 Å². The quantitative estimate of drug-likeness (QED) is 0.582. The van der Waals surface area contributed by atoms with Gasteiger partial charge in [0, 0.05) is 13.3 Å². The highest BCUT2D eigenvalue weighted by molar-refractivity contribution is 8.13. The van der Waals surface area contributed by atoms with Gasteiger partial charge < -0.3 is 4.13 Å². The van der Waals surface area contributed by atoms with E-state index in [0.29, 0.717) is 0 Å². The first-order chi connectivity index (χ1) is 11.3. The Kier molecular flexibility index (Phi) is 7.70. The standard InChI is InChI=1S/C9H16N2.C2F6NO4S2/c1-7(2)5-9-6-10-8(3)11(9)4;3-1(4,5)14(10,11)9-15(12,13)2(6,7)8/h6-7H,5H2,1-4H3;/q;-1/p+1. The van der Waals surface area contributed by atoms with Crippen LogP contribution in [0, 0.1) is 12.8 Å². The van der Waals surface area contributed by atoms with Crippen LogP contribution in [0.15, 0.2) is 6.20 Å². The zero-order valence-corrected chi connectivity index (χ0v) is 15.6. The van der Waals surface area contributed by atoms with Crippen LogP contribution in [0.25, 0.3) is 4.13 Å². The van der Waals surface area contributed by atoms with Crippen LogP contribution in [-0.2, 0) is 33.5 Å². The monoisotopic (exact) mass is 433 g/mol. The summed E-state index contributed by atoms with van der Waals surface area (Å²) in [6.45, 7) is 6.56. The van der Waals surface area contributed by atoms with Gasteiger partial charge in [0.2, 0.25) is 0 Å². The molecular weight excluding hydrogens is 416 g/mol. The molecule has 0 saturated carbocycles. The Labute approximate surface area is 146 Å². The Morgan fingerprint density at radius 2 is 1.42 bits per heavy atom. The molecule has 0 fully saturated rings. The van der Waals surface area contributed by atoms with Crippen molar-refractivity contribution < 1.29 is 47.7 Å². The van der Waals surface area contributed by atoms with Crippen molar-refractivity contribution in [2.45, 2.75) is 38.2 Å². The number of imidazole rings is 1. The van der Waals surface area contributed by atoms with Crippen molar-refractivity contribution in [3.05, 3.63) is 21.8 Å². The van der Waals surface area contributed by atoms with E-state index in [2.05, 4.69) is 43.6 Å². The van der Waals surface area contributed by atoms with Gasteiger partial charge in [0.25, 0.3) is 5.82 Å². The predicted octanol–water partition coefficient (Wildman–Crippen LogP) is 2.41. The summed E-state index contributed by atoms with van der Waals surface area (Å²) >= 11 is 0. The van der Waals surface area contributed by atoms with Gasteiger partial charge in [-0.25, -0.2) is 26.4 Å². The normalized spacial score (nSPS) is 13.5. The first-order valence-electron chi connectivity index (χ1n) is 6.71. The number of halogens is 6. The number of nitrogens with zero attached hydrogens (tertiary/aromatic N) is 2. The highest BCUT2D eigenvalue weighted by Gasteiger charge is 2.46. The first-order valence-corrected chi connectivity index (χ1v) is 9.59. The maximum absolute atomic E-state index is 11.4. The molecule has 0 saturated heterocycles. The summed E-state index contributed by atoms with van der Waals surface area (Å²) in [7, 11) is -11.3. The van der Waals surface area contributed by atoms with E-state index >= 15 is 0 Å². The molecule has 0 radical (unpaired) electrons. The highest BCUT2D eigenvalue weighted by Crippen LogP contribution is 2.36. The summed E-state index contributed by atoms with van der Waals surface area (Å²) in [5.74, 6) is 1.96. The van der Waals surface area contributed by atoms with Crippen molar-refractivity contribution in [3.63, 3.8) is 0 Å². The molecule has 0 atom stereocenters. The third-order valence-corrected chi connectivity index (χ3v) is 5.52. The summed E-state index contributed by atoms with van der Waals surface area (Å²) in [5.41, 5.74) is -11.0. The molecule has 1 aromatic heterocycles. The molecule has 0 aliphatic rings. The lowest BCUT2D eigenvalue weighted by Gasteiger charge is -2.22. The zero-order valence-electron chi connectivity index (χ0n) is 14.0. The van der Waals surface area contributed by atoms with Gasteiger partial charge in [-0.15, -0.1) is 0 Å². The number of hydrogen-bond acceptors (Lipinski definition) is 4. The molecule has 0 bridgehead atoms. The fraction of sp³-hybridized carbons (Fsp3) is 0.727. The molecule has 0 amide bonds. The minimum atomic E-state index is -6.72. The smallest absolute Gasteiger partial charge is 0.421 e. The summed E-state index contributed by atoms with van der Waals surface area (Å²) < 4.78 is 111. The Morgan fingerprint density at radius 1 is 1.04 bits per heavy atom. The van der Waals surface area contributed by atoms with Crippen molar-refractivity contribution in [2.75, 3.05) is 0 Å². The molecule has 1 heterocycles. The van der Waals surface area contributed by atoms with Gasteiger partial charge in [-0.2, -0.15) is 26.3 Å². The number of alkyl halides is 6. The SMILES string of the molecule is Cc1[nH]cc(CC(C)C)[n+]1C.O=S(=O)([N-]S(=O)(=O)C(F)(F)F)C(F)(F)F. The van der Waals surface area contributed by atoms with E-state index in [1.54, 1.807) is 0 Å². The molecular formula is C11H17F6N3O4S2. The molecule has 0 aromatic carbocycles. The predicted molar refractivity (Wildman–Crippen MR) is 78.6 cm³/mol. The van der Waals surface area contributed by atoms with Crippen molar-refractivity contribution in [1.82, 2.24) is 4.98 Å². The van der Waals surface area contributed by atoms with Gasteiger partial charge in [-0.05, 0) is 5.92 Å². The fourth-order valence-corrected chi connectivity index (χ4v) is 3.13. The lowest BCUT2D eigenvalue weighted by Crippen LogP contribution is -2.34. The number of sulfonamides is 2. The molecule has 1 rings (SSSR count). The van der Waals surface area contributed by atoms with E-state index < -0.39 is 31.1 Å². The Morgan fingerprint density at radius 3 is 1.65 bits per heavy atom. The second-order valence-corrected chi connectivity index (χ2v) is 8.86. The van der Waals surface area contributed by atoms with E-state index in [1.807, 2.05) is 0 Å². The second-order valence-electron chi connectivity index (χ2n) is 5.44. The Bertz CT molecular complexity index is 768. The summed E-state index contributed by atoms with van der Waals surface area (Å²) in [5, 5.41) is 0. The van der Waals surface area contributed by atoms with Gasteiger partial charge in [-0.1, -0.05) is 13.8 Å². The second kappa shape index (κ2) is 8.12. The van der Waals surface area contributed by atoms with Crippen LogP contribution >= 0.6 is 0 Å². The third-order valence-electron chi connectivity index (χ3n) is 2.78. The lowest BCUT2D eigenvalue weighted by molar-refractivity contribution is -0.684. The third kappa shape index (κ3) is 6.75. The van der Waals surface area contributed by atoms with Gasteiger partial charge in [0.05, 0.1) is 7.05 Å². The van der Waals surface area contributed by atoms with E-state index in [9.17, 15) is 43.2 Å². The average Bonchev–Trinajstić information content (AvgIpc) is 2.67. The van der Waals surface area contributed by atoms with E-state index in [4.69, 9.17) is 0 Å². The lowest BCUT2D eigenvalue weighted by atomic mass is 10.1. The van der Waals surface area contributed by atoms with Crippen LogP contribution < -0.4 is 4.57 Å². The maximum Gasteiger partial charge on any atom is 0.480 e. The average molecular weight is 433 g/mol. The topological polar surface area (TPSA) is 102 Å². The van der Waals surface area contributed by atoms with Crippen molar-refractivity contribution in [3.8, 4) is 0 Å². The number of aryl methyl sites for hydroxylation is 1. The molecule has 0 aliphatic heterocycles. The van der Waals surface area contributed by atoms with Crippen LogP contribution in [0.1, 0.15) is 25.4 Å². The number of aromatic amines is 1. The number of rotatable bonds is 4. The van der Waals surface area contributed by atoms with Crippen LogP contribution in [0.5, 0.6) is 0 Å². The first kappa shape index (κ1) is 24.7. The molecule has 1 N–H and O–H groups in total. The van der Waals surface area contributed by atoms with Crippen LogP contribution in [0.2, 0.25) is 0 Å². The van der Waals surface area contributed by atoms with Gasteiger partial charge in [0.1, 0.15) is 11.9 Å². The molecule has 154 valence electrons. The largest absolute Gasteiger partial charge is 0.480 e.